The Kier molecular flexibility index (Phi) is 4.65. The monoisotopic (exact) mass is 383 g/mol. The third-order valence-corrected chi connectivity index (χ3v) is 5.43. The molecule has 1 aromatic rings. The molecule has 126 valence electrons. The molecule has 1 N–H and O–H groups in total. The van der Waals surface area contributed by atoms with E-state index >= 15 is 0 Å². The van der Waals surface area contributed by atoms with Gasteiger partial charge in [0.1, 0.15) is 5.82 Å². The Bertz CT molecular complexity index is 600. The second kappa shape index (κ2) is 6.40. The smallest absolute Gasteiger partial charge is 0.318 e. The van der Waals surface area contributed by atoms with Crippen LogP contribution in [-0.4, -0.2) is 48.1 Å². The molecule has 0 aromatic heterocycles. The van der Waals surface area contributed by atoms with Crippen molar-refractivity contribution in [1.82, 2.24) is 15.1 Å². The number of hydrogen-bond acceptors (Lipinski definition) is 2. The van der Waals surface area contributed by atoms with E-state index in [1.165, 1.54) is 6.07 Å². The first-order valence-corrected chi connectivity index (χ1v) is 8.93. The van der Waals surface area contributed by atoms with E-state index in [-0.39, 0.29) is 11.8 Å². The summed E-state index contributed by atoms with van der Waals surface area (Å²) in [6.45, 7) is 7.49. The molecule has 3 aliphatic rings. The molecule has 0 spiro atoms. The van der Waals surface area contributed by atoms with Crippen molar-refractivity contribution in [2.24, 2.45) is 0 Å². The van der Waals surface area contributed by atoms with Crippen LogP contribution in [0.2, 0.25) is 0 Å². The normalized spacial score (nSPS) is 24.4. The van der Waals surface area contributed by atoms with Crippen LogP contribution in [0.25, 0.3) is 0 Å². The molecule has 4 nitrogen and oxygen atoms in total. The summed E-state index contributed by atoms with van der Waals surface area (Å²) in [7, 11) is 0. The van der Waals surface area contributed by atoms with Crippen molar-refractivity contribution >= 4 is 22.0 Å². The standard InChI is InChI=1S/C17H23BrFN3O/c1-17(2,14-11-12(18)3-4-15(14)19)20-16(23)22-10-9-21-7-5-13(22)6-8-21/h3-4,11,13H,5-10H2,1-2H3,(H,20,23). The molecule has 4 rings (SSSR count). The highest BCUT2D eigenvalue weighted by atomic mass is 79.9. The first-order valence-electron chi connectivity index (χ1n) is 8.13. The number of hydrogen-bond donors (Lipinski definition) is 1. The fourth-order valence-corrected chi connectivity index (χ4v) is 3.90. The maximum Gasteiger partial charge on any atom is 0.318 e. The fraction of sp³-hybridized carbons (Fsp3) is 0.588. The summed E-state index contributed by atoms with van der Waals surface area (Å²) in [5.74, 6) is -0.304. The number of nitrogens with one attached hydrogen (secondary N) is 1. The minimum Gasteiger partial charge on any atom is -0.329 e. The van der Waals surface area contributed by atoms with Gasteiger partial charge in [0, 0.05) is 42.3 Å². The van der Waals surface area contributed by atoms with Crippen LogP contribution in [0.15, 0.2) is 22.7 Å². The quantitative estimate of drug-likeness (QED) is 0.849. The summed E-state index contributed by atoms with van der Waals surface area (Å²) >= 11 is 3.37. The molecule has 0 unspecified atom stereocenters. The molecular weight excluding hydrogens is 361 g/mol. The largest absolute Gasteiger partial charge is 0.329 e. The van der Waals surface area contributed by atoms with Gasteiger partial charge in [0.25, 0.3) is 0 Å². The molecule has 0 aliphatic carbocycles. The Morgan fingerprint density at radius 1 is 1.26 bits per heavy atom. The Hall–Kier alpha value is -1.14. The summed E-state index contributed by atoms with van der Waals surface area (Å²) in [5.41, 5.74) is -0.279. The number of nitrogens with zero attached hydrogens (tertiary/aromatic N) is 2. The van der Waals surface area contributed by atoms with Crippen LogP contribution in [0.4, 0.5) is 9.18 Å². The van der Waals surface area contributed by atoms with Crippen LogP contribution in [0.3, 0.4) is 0 Å². The van der Waals surface area contributed by atoms with E-state index in [9.17, 15) is 9.18 Å². The predicted octanol–water partition coefficient (Wildman–Crippen LogP) is 3.31. The number of amides is 2. The number of benzene rings is 1. The molecule has 6 heteroatoms. The van der Waals surface area contributed by atoms with Crippen LogP contribution in [0, 0.1) is 5.82 Å². The topological polar surface area (TPSA) is 35.6 Å². The van der Waals surface area contributed by atoms with E-state index in [2.05, 4.69) is 26.1 Å². The van der Waals surface area contributed by atoms with Gasteiger partial charge in [-0.3, -0.25) is 0 Å². The highest BCUT2D eigenvalue weighted by molar-refractivity contribution is 9.10. The van der Waals surface area contributed by atoms with Gasteiger partial charge < -0.3 is 15.1 Å². The summed E-state index contributed by atoms with van der Waals surface area (Å²) in [6.07, 6.45) is 2.05. The molecule has 2 amide bonds. The van der Waals surface area contributed by atoms with Crippen molar-refractivity contribution in [1.29, 1.82) is 0 Å². The molecule has 0 saturated carbocycles. The number of urea groups is 1. The van der Waals surface area contributed by atoms with Gasteiger partial charge in [-0.2, -0.15) is 0 Å². The van der Waals surface area contributed by atoms with Gasteiger partial charge >= 0.3 is 6.03 Å². The molecular formula is C17H23BrFN3O. The molecule has 3 saturated heterocycles. The molecule has 2 bridgehead atoms. The van der Waals surface area contributed by atoms with Crippen LogP contribution >= 0.6 is 15.9 Å². The second-order valence-corrected chi connectivity index (χ2v) is 7.86. The molecule has 3 fully saturated rings. The van der Waals surface area contributed by atoms with E-state index in [1.807, 2.05) is 18.7 Å². The molecule has 0 atom stereocenters. The Labute approximate surface area is 145 Å². The molecule has 3 aliphatic heterocycles. The van der Waals surface area contributed by atoms with Crippen molar-refractivity contribution in [3.05, 3.63) is 34.1 Å². The van der Waals surface area contributed by atoms with Gasteiger partial charge in [0.05, 0.1) is 5.54 Å². The van der Waals surface area contributed by atoms with Crippen molar-refractivity contribution in [2.75, 3.05) is 26.2 Å². The van der Waals surface area contributed by atoms with Gasteiger partial charge in [-0.05, 0) is 44.9 Å². The summed E-state index contributed by atoms with van der Waals surface area (Å²) < 4.78 is 15.0. The lowest BCUT2D eigenvalue weighted by Gasteiger charge is -2.35. The predicted molar refractivity (Wildman–Crippen MR) is 91.8 cm³/mol. The Balaban J connectivity index is 1.77. The van der Waals surface area contributed by atoms with E-state index < -0.39 is 5.54 Å². The first kappa shape index (κ1) is 16.7. The van der Waals surface area contributed by atoms with Crippen LogP contribution in [0.1, 0.15) is 32.3 Å². The average Bonchev–Trinajstić information content (AvgIpc) is 2.83. The molecule has 3 heterocycles. The second-order valence-electron chi connectivity index (χ2n) is 6.95. The van der Waals surface area contributed by atoms with Crippen LogP contribution < -0.4 is 5.32 Å². The van der Waals surface area contributed by atoms with Crippen molar-refractivity contribution in [2.45, 2.75) is 38.3 Å². The minimum atomic E-state index is -0.768. The maximum atomic E-state index is 14.2. The third kappa shape index (κ3) is 3.53. The first-order chi connectivity index (χ1) is 10.9. The lowest BCUT2D eigenvalue weighted by atomic mass is 9.94. The Morgan fingerprint density at radius 3 is 2.65 bits per heavy atom. The summed E-state index contributed by atoms with van der Waals surface area (Å²) in [4.78, 5) is 17.1. The number of piperidine rings is 1. The number of fused-ring (bicyclic) bond motifs is 4. The van der Waals surface area contributed by atoms with Gasteiger partial charge in [0.2, 0.25) is 0 Å². The van der Waals surface area contributed by atoms with Gasteiger partial charge in [-0.15, -0.1) is 0 Å². The number of carbonyl (C=O) groups excluding carboxylic acids is 1. The zero-order valence-electron chi connectivity index (χ0n) is 13.6. The Morgan fingerprint density at radius 2 is 1.96 bits per heavy atom. The maximum absolute atomic E-state index is 14.2. The average molecular weight is 384 g/mol. The number of halogens is 2. The third-order valence-electron chi connectivity index (χ3n) is 4.94. The van der Waals surface area contributed by atoms with E-state index in [4.69, 9.17) is 0 Å². The summed E-state index contributed by atoms with van der Waals surface area (Å²) in [5, 5.41) is 3.03. The lowest BCUT2D eigenvalue weighted by Crippen LogP contribution is -2.52. The van der Waals surface area contributed by atoms with Crippen molar-refractivity contribution in [3.8, 4) is 0 Å². The van der Waals surface area contributed by atoms with Crippen LogP contribution in [0.5, 0.6) is 0 Å². The van der Waals surface area contributed by atoms with Crippen LogP contribution in [-0.2, 0) is 5.54 Å². The zero-order valence-corrected chi connectivity index (χ0v) is 15.2. The summed E-state index contributed by atoms with van der Waals surface area (Å²) in [6, 6.07) is 5.03. The highest BCUT2D eigenvalue weighted by Crippen LogP contribution is 2.28. The lowest BCUT2D eigenvalue weighted by molar-refractivity contribution is 0.161. The highest BCUT2D eigenvalue weighted by Gasteiger charge is 2.35. The van der Waals surface area contributed by atoms with Crippen molar-refractivity contribution < 1.29 is 9.18 Å². The number of carbonyl (C=O) groups is 1. The SMILES string of the molecule is CC(C)(NC(=O)N1CCN2CCC1CC2)c1cc(Br)ccc1F. The van der Waals surface area contributed by atoms with Gasteiger partial charge in [-0.25, -0.2) is 9.18 Å². The fourth-order valence-electron chi connectivity index (χ4n) is 3.54. The van der Waals surface area contributed by atoms with E-state index in [0.29, 0.717) is 11.6 Å². The zero-order chi connectivity index (χ0) is 16.6. The van der Waals surface area contributed by atoms with Gasteiger partial charge in [0.15, 0.2) is 0 Å². The number of rotatable bonds is 2. The molecule has 0 radical (unpaired) electrons. The van der Waals surface area contributed by atoms with E-state index in [0.717, 1.165) is 43.5 Å². The van der Waals surface area contributed by atoms with Gasteiger partial charge in [-0.1, -0.05) is 15.9 Å². The molecule has 1 aromatic carbocycles. The molecule has 23 heavy (non-hydrogen) atoms. The van der Waals surface area contributed by atoms with E-state index in [1.54, 1.807) is 12.1 Å². The van der Waals surface area contributed by atoms with Crippen molar-refractivity contribution in [3.63, 3.8) is 0 Å². The minimum absolute atomic E-state index is 0.0943.